The van der Waals surface area contributed by atoms with Crippen molar-refractivity contribution in [3.8, 4) is 0 Å². The van der Waals surface area contributed by atoms with Crippen LogP contribution in [0.5, 0.6) is 0 Å². The third-order valence-corrected chi connectivity index (χ3v) is 7.29. The molecule has 1 aliphatic rings. The molecule has 2 unspecified atom stereocenters. The maximum absolute atomic E-state index is 12.8. The largest absolute Gasteiger partial charge is 0.380 e. The molecule has 1 heterocycles. The highest BCUT2D eigenvalue weighted by Crippen LogP contribution is 2.42. The monoisotopic (exact) mass is 450 g/mol. The summed E-state index contributed by atoms with van der Waals surface area (Å²) in [6.07, 6.45) is 0.486. The number of halogens is 1. The highest BCUT2D eigenvalue weighted by molar-refractivity contribution is 7.89. The zero-order chi connectivity index (χ0) is 22.3. The third-order valence-electron chi connectivity index (χ3n) is 5.26. The van der Waals surface area contributed by atoms with E-state index in [9.17, 15) is 18.3 Å². The van der Waals surface area contributed by atoms with Crippen molar-refractivity contribution < 1.29 is 18.3 Å². The fourth-order valence-corrected chi connectivity index (χ4v) is 5.38. The Morgan fingerprint density at radius 3 is 1.97 bits per heavy atom. The summed E-state index contributed by atoms with van der Waals surface area (Å²) >= 11 is 6.01. The van der Waals surface area contributed by atoms with Crippen molar-refractivity contribution in [1.82, 2.24) is 9.62 Å². The van der Waals surface area contributed by atoms with Crippen LogP contribution in [0, 0.1) is 5.92 Å². The Labute approximate surface area is 182 Å². The molecule has 3 rings (SSSR count). The molecule has 0 radical (unpaired) electrons. The smallest absolute Gasteiger partial charge is 0.241 e. The van der Waals surface area contributed by atoms with E-state index >= 15 is 0 Å². The zero-order valence-corrected chi connectivity index (χ0v) is 19.1. The summed E-state index contributed by atoms with van der Waals surface area (Å²) < 4.78 is 27.8. The molecule has 0 saturated carbocycles. The lowest BCUT2D eigenvalue weighted by Gasteiger charge is -2.34. The van der Waals surface area contributed by atoms with Gasteiger partial charge in [0.25, 0.3) is 0 Å². The van der Waals surface area contributed by atoms with Crippen molar-refractivity contribution in [1.29, 1.82) is 0 Å². The normalized spacial score (nSPS) is 19.7. The van der Waals surface area contributed by atoms with Crippen LogP contribution >= 0.6 is 11.6 Å². The van der Waals surface area contributed by atoms with Gasteiger partial charge in [0.05, 0.1) is 10.8 Å². The summed E-state index contributed by atoms with van der Waals surface area (Å²) in [5.41, 5.74) is -1.24. The fourth-order valence-electron chi connectivity index (χ4n) is 3.83. The van der Waals surface area contributed by atoms with E-state index in [0.29, 0.717) is 29.1 Å². The molecule has 1 saturated heterocycles. The highest BCUT2D eigenvalue weighted by Gasteiger charge is 2.48. The Morgan fingerprint density at radius 1 is 1.03 bits per heavy atom. The summed E-state index contributed by atoms with van der Waals surface area (Å²) in [5.74, 6) is -0.836. The number of aliphatic hydroxyl groups is 1. The maximum atomic E-state index is 12.8. The first-order chi connectivity index (χ1) is 13.8. The van der Waals surface area contributed by atoms with E-state index < -0.39 is 27.1 Å². The van der Waals surface area contributed by atoms with Crippen molar-refractivity contribution in [2.24, 2.45) is 5.92 Å². The topological polar surface area (TPSA) is 86.7 Å². The molecule has 1 amide bonds. The van der Waals surface area contributed by atoms with Crippen molar-refractivity contribution in [3.63, 3.8) is 0 Å². The van der Waals surface area contributed by atoms with Crippen LogP contribution in [0.2, 0.25) is 5.02 Å². The summed E-state index contributed by atoms with van der Waals surface area (Å²) in [4.78, 5) is 14.5. The minimum atomic E-state index is -3.71. The van der Waals surface area contributed by atoms with E-state index in [2.05, 4.69) is 4.72 Å². The third kappa shape index (κ3) is 4.39. The van der Waals surface area contributed by atoms with E-state index in [-0.39, 0.29) is 10.8 Å². The zero-order valence-electron chi connectivity index (χ0n) is 17.5. The minimum Gasteiger partial charge on any atom is -0.380 e. The van der Waals surface area contributed by atoms with Crippen molar-refractivity contribution in [3.05, 3.63) is 64.7 Å². The predicted octanol–water partition coefficient (Wildman–Crippen LogP) is 3.13. The lowest BCUT2D eigenvalue weighted by atomic mass is 9.75. The number of nitrogens with one attached hydrogen (secondary N) is 1. The molecule has 0 aliphatic carbocycles. The number of likely N-dealkylation sites (tertiary alicyclic amines) is 1. The van der Waals surface area contributed by atoms with Gasteiger partial charge >= 0.3 is 0 Å². The van der Waals surface area contributed by atoms with Gasteiger partial charge in [-0.2, -0.15) is 0 Å². The molecule has 30 heavy (non-hydrogen) atoms. The Kier molecular flexibility index (Phi) is 6.04. The van der Waals surface area contributed by atoms with Gasteiger partial charge < -0.3 is 10.0 Å². The van der Waals surface area contributed by atoms with Gasteiger partial charge in [0.1, 0.15) is 5.60 Å². The second kappa shape index (κ2) is 7.96. The van der Waals surface area contributed by atoms with E-state index in [0.717, 1.165) is 0 Å². The summed E-state index contributed by atoms with van der Waals surface area (Å²) in [6, 6.07) is 12.8. The quantitative estimate of drug-likeness (QED) is 0.732. The molecule has 6 nitrogen and oxygen atoms in total. The Bertz CT molecular complexity index is 1030. The number of benzene rings is 2. The van der Waals surface area contributed by atoms with Crippen LogP contribution in [0.15, 0.2) is 53.4 Å². The van der Waals surface area contributed by atoms with Crippen LogP contribution in [0.1, 0.15) is 38.3 Å². The molecule has 8 heteroatoms. The average Bonchev–Trinajstić information content (AvgIpc) is 2.99. The molecule has 2 aromatic carbocycles. The molecular weight excluding hydrogens is 424 g/mol. The van der Waals surface area contributed by atoms with Crippen LogP contribution in [0.25, 0.3) is 0 Å². The summed E-state index contributed by atoms with van der Waals surface area (Å²) in [5, 5.41) is 12.4. The predicted molar refractivity (Wildman–Crippen MR) is 117 cm³/mol. The molecule has 1 fully saturated rings. The first kappa shape index (κ1) is 22.7. The number of hydrogen-bond donors (Lipinski definition) is 2. The number of amides is 1. The van der Waals surface area contributed by atoms with Gasteiger partial charge in [0.2, 0.25) is 15.9 Å². The highest BCUT2D eigenvalue weighted by atomic mass is 35.5. The number of carbonyl (C=O) groups is 1. The number of carbonyl (C=O) groups excluding carboxylic acids is 1. The van der Waals surface area contributed by atoms with E-state index in [1.54, 1.807) is 69.1 Å². The van der Waals surface area contributed by atoms with Crippen LogP contribution < -0.4 is 4.72 Å². The van der Waals surface area contributed by atoms with E-state index in [4.69, 9.17) is 11.6 Å². The standard InChI is InChI=1S/C22H27ClN2O4S/c1-21(2,3)24-30(28,29)18-11-7-16(8-12-18)22(27,15-5-9-17(23)10-6-15)19-13-14-25(4)20(19)26/h5-12,19,24,27H,13-14H2,1-4H3. The maximum Gasteiger partial charge on any atom is 0.241 e. The lowest BCUT2D eigenvalue weighted by molar-refractivity contribution is -0.136. The van der Waals surface area contributed by atoms with E-state index in [1.165, 1.54) is 12.1 Å². The van der Waals surface area contributed by atoms with Gasteiger partial charge in [-0.3, -0.25) is 4.79 Å². The van der Waals surface area contributed by atoms with Gasteiger partial charge in [-0.05, 0) is 62.6 Å². The molecule has 2 aromatic rings. The Hall–Kier alpha value is -1.93. The second-order valence-corrected chi connectivity index (χ2v) is 10.9. The molecular formula is C22H27ClN2O4S. The van der Waals surface area contributed by atoms with Gasteiger partial charge in [-0.25, -0.2) is 13.1 Å². The fraction of sp³-hybridized carbons (Fsp3) is 0.409. The van der Waals surface area contributed by atoms with Crippen molar-refractivity contribution in [2.45, 2.75) is 43.2 Å². The number of sulfonamides is 1. The molecule has 2 N–H and O–H groups in total. The lowest BCUT2D eigenvalue weighted by Crippen LogP contribution is -2.41. The number of hydrogen-bond acceptors (Lipinski definition) is 4. The van der Waals surface area contributed by atoms with Gasteiger partial charge in [0, 0.05) is 24.2 Å². The first-order valence-electron chi connectivity index (χ1n) is 9.72. The van der Waals surface area contributed by atoms with E-state index in [1.807, 2.05) is 0 Å². The average molecular weight is 451 g/mol. The van der Waals surface area contributed by atoms with Crippen molar-refractivity contribution >= 4 is 27.5 Å². The summed E-state index contributed by atoms with van der Waals surface area (Å²) in [6.45, 7) is 5.84. The second-order valence-electron chi connectivity index (χ2n) is 8.75. The molecule has 0 spiro atoms. The van der Waals surface area contributed by atoms with Gasteiger partial charge in [-0.1, -0.05) is 35.9 Å². The molecule has 0 aromatic heterocycles. The summed E-state index contributed by atoms with van der Waals surface area (Å²) in [7, 11) is -2.01. The first-order valence-corrected chi connectivity index (χ1v) is 11.6. The van der Waals surface area contributed by atoms with Gasteiger partial charge in [-0.15, -0.1) is 0 Å². The van der Waals surface area contributed by atoms with Crippen LogP contribution in [-0.2, 0) is 20.4 Å². The van der Waals surface area contributed by atoms with Crippen LogP contribution in [0.3, 0.4) is 0 Å². The minimum absolute atomic E-state index is 0.0921. The molecule has 2 atom stereocenters. The molecule has 1 aliphatic heterocycles. The number of nitrogens with zero attached hydrogens (tertiary/aromatic N) is 1. The van der Waals surface area contributed by atoms with Gasteiger partial charge in [0.15, 0.2) is 0 Å². The van der Waals surface area contributed by atoms with Crippen LogP contribution in [-0.4, -0.2) is 43.5 Å². The van der Waals surface area contributed by atoms with Crippen molar-refractivity contribution in [2.75, 3.05) is 13.6 Å². The Balaban J connectivity index is 2.07. The number of rotatable bonds is 5. The SMILES string of the molecule is CN1CCC(C(O)(c2ccc(Cl)cc2)c2ccc(S(=O)(=O)NC(C)(C)C)cc2)C1=O. The molecule has 0 bridgehead atoms. The Morgan fingerprint density at radius 2 is 1.53 bits per heavy atom. The van der Waals surface area contributed by atoms with Crippen LogP contribution in [0.4, 0.5) is 0 Å². The molecule has 162 valence electrons.